The van der Waals surface area contributed by atoms with Crippen molar-refractivity contribution in [3.63, 3.8) is 0 Å². The summed E-state index contributed by atoms with van der Waals surface area (Å²) in [6, 6.07) is 8.11. The molecule has 2 aromatic rings. The zero-order valence-electron chi connectivity index (χ0n) is 12.1. The van der Waals surface area contributed by atoms with E-state index in [-0.39, 0.29) is 0 Å². The molecule has 1 aromatic carbocycles. The fraction of sp³-hybridized carbons (Fsp3) is 0.375. The fourth-order valence-corrected chi connectivity index (χ4v) is 2.46. The Hall–Kier alpha value is -1.61. The first-order valence-electron chi connectivity index (χ1n) is 6.77. The first kappa shape index (κ1) is 14.8. The summed E-state index contributed by atoms with van der Waals surface area (Å²) < 4.78 is 1.71. The summed E-state index contributed by atoms with van der Waals surface area (Å²) in [4.78, 5) is 11.2. The Labute approximate surface area is 124 Å². The van der Waals surface area contributed by atoms with Crippen molar-refractivity contribution in [3.05, 3.63) is 51.8 Å². The van der Waals surface area contributed by atoms with Gasteiger partial charge in [-0.2, -0.15) is 5.10 Å². The number of nitrogens with zero attached hydrogens (tertiary/aromatic N) is 2. The van der Waals surface area contributed by atoms with Gasteiger partial charge in [0.25, 0.3) is 0 Å². The van der Waals surface area contributed by atoms with Crippen LogP contribution in [0.25, 0.3) is 0 Å². The van der Waals surface area contributed by atoms with Crippen molar-refractivity contribution < 1.29 is 4.79 Å². The molecule has 3 nitrogen and oxygen atoms in total. The van der Waals surface area contributed by atoms with E-state index in [2.05, 4.69) is 38.0 Å². The maximum absolute atomic E-state index is 11.2. The number of aromatic nitrogens is 2. The zero-order valence-corrected chi connectivity index (χ0v) is 12.8. The second-order valence-electron chi connectivity index (χ2n) is 5.45. The highest BCUT2D eigenvalue weighted by Gasteiger charge is 2.17. The molecule has 0 amide bonds. The molecule has 0 spiro atoms. The molecule has 1 heterocycles. The van der Waals surface area contributed by atoms with Gasteiger partial charge in [0.2, 0.25) is 0 Å². The molecule has 4 heteroatoms. The maximum Gasteiger partial charge on any atom is 0.155 e. The lowest BCUT2D eigenvalue weighted by atomic mass is 10.1. The van der Waals surface area contributed by atoms with Gasteiger partial charge in [0.05, 0.1) is 17.8 Å². The van der Waals surface area contributed by atoms with Crippen LogP contribution < -0.4 is 0 Å². The normalized spacial score (nSPS) is 11.1. The number of carbonyl (C=O) groups excluding carboxylic acids is 1. The van der Waals surface area contributed by atoms with Gasteiger partial charge in [0.15, 0.2) is 6.29 Å². The molecule has 0 aliphatic heterocycles. The highest BCUT2D eigenvalue weighted by Crippen LogP contribution is 2.22. The Kier molecular flexibility index (Phi) is 4.61. The van der Waals surface area contributed by atoms with E-state index in [9.17, 15) is 4.79 Å². The lowest BCUT2D eigenvalue weighted by molar-refractivity contribution is 0.112. The second-order valence-corrected chi connectivity index (χ2v) is 5.81. The monoisotopic (exact) mass is 290 g/mol. The zero-order chi connectivity index (χ0) is 14.7. The molecule has 0 atom stereocenters. The molecule has 0 fully saturated rings. The number of halogens is 1. The van der Waals surface area contributed by atoms with Crippen LogP contribution in [-0.4, -0.2) is 16.1 Å². The summed E-state index contributed by atoms with van der Waals surface area (Å²) in [5.74, 6) is 0.437. The quantitative estimate of drug-likeness (QED) is 0.783. The minimum Gasteiger partial charge on any atom is -0.298 e. The van der Waals surface area contributed by atoms with E-state index in [0.29, 0.717) is 23.2 Å². The molecular weight excluding hydrogens is 272 g/mol. The van der Waals surface area contributed by atoms with E-state index >= 15 is 0 Å². The van der Waals surface area contributed by atoms with Gasteiger partial charge in [-0.25, -0.2) is 4.68 Å². The molecular formula is C16H19ClN2O. The predicted molar refractivity (Wildman–Crippen MR) is 81.4 cm³/mol. The Morgan fingerprint density at radius 1 is 1.35 bits per heavy atom. The average Bonchev–Trinajstić information content (AvgIpc) is 2.67. The molecule has 1 aromatic heterocycles. The smallest absolute Gasteiger partial charge is 0.155 e. The van der Waals surface area contributed by atoms with Crippen molar-refractivity contribution in [1.82, 2.24) is 9.78 Å². The Balaban J connectivity index is 2.35. The summed E-state index contributed by atoms with van der Waals surface area (Å²) in [6.07, 6.45) is 1.57. The van der Waals surface area contributed by atoms with Crippen LogP contribution in [0.2, 0.25) is 5.15 Å². The molecule has 20 heavy (non-hydrogen) atoms. The summed E-state index contributed by atoms with van der Waals surface area (Å²) in [5, 5.41) is 4.94. The van der Waals surface area contributed by atoms with Gasteiger partial charge in [-0.05, 0) is 30.4 Å². The molecule has 0 aliphatic rings. The molecule has 0 aliphatic carbocycles. The van der Waals surface area contributed by atoms with Crippen LogP contribution in [0.4, 0.5) is 0 Å². The SMILES string of the molecule is Cc1ccccc1Cn1nc(CC(C)C)c(C=O)c1Cl. The molecule has 2 rings (SSSR count). The van der Waals surface area contributed by atoms with Crippen molar-refractivity contribution in [1.29, 1.82) is 0 Å². The number of hydrogen-bond donors (Lipinski definition) is 0. The van der Waals surface area contributed by atoms with Crippen LogP contribution in [-0.2, 0) is 13.0 Å². The molecule has 0 saturated carbocycles. The van der Waals surface area contributed by atoms with Crippen molar-refractivity contribution in [3.8, 4) is 0 Å². The van der Waals surface area contributed by atoms with Crippen LogP contribution >= 0.6 is 11.6 Å². The van der Waals surface area contributed by atoms with Crippen LogP contribution in [0, 0.1) is 12.8 Å². The van der Waals surface area contributed by atoms with Crippen LogP contribution in [0.15, 0.2) is 24.3 Å². The van der Waals surface area contributed by atoms with E-state index in [1.165, 1.54) is 5.56 Å². The number of aldehydes is 1. The first-order chi connectivity index (χ1) is 9.52. The van der Waals surface area contributed by atoms with E-state index in [0.717, 1.165) is 24.0 Å². The van der Waals surface area contributed by atoms with E-state index in [1.807, 2.05) is 12.1 Å². The van der Waals surface area contributed by atoms with E-state index in [1.54, 1.807) is 4.68 Å². The Morgan fingerprint density at radius 3 is 2.65 bits per heavy atom. The van der Waals surface area contributed by atoms with Crippen molar-refractivity contribution in [2.45, 2.75) is 33.7 Å². The molecule has 0 unspecified atom stereocenters. The standard InChI is InChI=1S/C16H19ClN2O/c1-11(2)8-15-14(10-20)16(17)19(18-15)9-13-7-5-4-6-12(13)3/h4-7,10-11H,8-9H2,1-3H3. The first-order valence-corrected chi connectivity index (χ1v) is 7.15. The number of carbonyl (C=O) groups is 1. The third-order valence-corrected chi connectivity index (χ3v) is 3.70. The number of hydrogen-bond acceptors (Lipinski definition) is 2. The van der Waals surface area contributed by atoms with Crippen LogP contribution in [0.5, 0.6) is 0 Å². The molecule has 0 N–H and O–H groups in total. The van der Waals surface area contributed by atoms with Crippen molar-refractivity contribution in [2.75, 3.05) is 0 Å². The predicted octanol–water partition coefficient (Wildman–Crippen LogP) is 3.90. The van der Waals surface area contributed by atoms with Gasteiger partial charge in [0, 0.05) is 0 Å². The summed E-state index contributed by atoms with van der Waals surface area (Å²) >= 11 is 6.28. The topological polar surface area (TPSA) is 34.9 Å². The van der Waals surface area contributed by atoms with Crippen LogP contribution in [0.1, 0.15) is 41.0 Å². The third kappa shape index (κ3) is 3.10. The van der Waals surface area contributed by atoms with Gasteiger partial charge in [-0.3, -0.25) is 4.79 Å². The van der Waals surface area contributed by atoms with Crippen molar-refractivity contribution in [2.24, 2.45) is 5.92 Å². The summed E-state index contributed by atoms with van der Waals surface area (Å²) in [5.41, 5.74) is 3.66. The largest absolute Gasteiger partial charge is 0.298 e. The lowest BCUT2D eigenvalue weighted by Gasteiger charge is -2.06. The molecule has 106 valence electrons. The van der Waals surface area contributed by atoms with Gasteiger partial charge in [0.1, 0.15) is 5.15 Å². The molecule has 0 saturated heterocycles. The van der Waals surface area contributed by atoms with Gasteiger partial charge in [-0.15, -0.1) is 0 Å². The fourth-order valence-electron chi connectivity index (χ4n) is 2.21. The maximum atomic E-state index is 11.2. The van der Waals surface area contributed by atoms with Gasteiger partial charge in [-0.1, -0.05) is 49.7 Å². The van der Waals surface area contributed by atoms with E-state index < -0.39 is 0 Å². The summed E-state index contributed by atoms with van der Waals surface area (Å²) in [7, 11) is 0. The molecule has 0 radical (unpaired) electrons. The third-order valence-electron chi connectivity index (χ3n) is 3.30. The Morgan fingerprint density at radius 2 is 2.05 bits per heavy atom. The highest BCUT2D eigenvalue weighted by molar-refractivity contribution is 6.32. The van der Waals surface area contributed by atoms with Crippen LogP contribution in [0.3, 0.4) is 0 Å². The number of aryl methyl sites for hydroxylation is 1. The average molecular weight is 291 g/mol. The molecule has 0 bridgehead atoms. The number of benzene rings is 1. The lowest BCUT2D eigenvalue weighted by Crippen LogP contribution is -2.04. The number of rotatable bonds is 5. The highest BCUT2D eigenvalue weighted by atomic mass is 35.5. The van der Waals surface area contributed by atoms with Gasteiger partial charge < -0.3 is 0 Å². The van der Waals surface area contributed by atoms with Gasteiger partial charge >= 0.3 is 0 Å². The van der Waals surface area contributed by atoms with Crippen molar-refractivity contribution >= 4 is 17.9 Å². The van der Waals surface area contributed by atoms with E-state index in [4.69, 9.17) is 11.6 Å². The Bertz CT molecular complexity index is 617. The second kappa shape index (κ2) is 6.23. The minimum absolute atomic E-state index is 0.430. The summed E-state index contributed by atoms with van der Waals surface area (Å²) in [6.45, 7) is 6.85. The minimum atomic E-state index is 0.430.